The first kappa shape index (κ1) is 26.1. The van der Waals surface area contributed by atoms with E-state index in [-0.39, 0.29) is 30.7 Å². The third-order valence-corrected chi connectivity index (χ3v) is 7.37. The summed E-state index contributed by atoms with van der Waals surface area (Å²) in [5, 5.41) is 2.72. The molecule has 1 N–H and O–H groups in total. The van der Waals surface area contributed by atoms with Crippen molar-refractivity contribution in [3.8, 4) is 17.2 Å². The van der Waals surface area contributed by atoms with Crippen molar-refractivity contribution in [1.82, 2.24) is 10.2 Å². The molecule has 11 heteroatoms. The van der Waals surface area contributed by atoms with Gasteiger partial charge in [0, 0.05) is 19.2 Å². The molecule has 1 atom stereocenters. The number of amides is 2. The molecule has 0 fully saturated rings. The summed E-state index contributed by atoms with van der Waals surface area (Å²) in [7, 11) is -2.29. The van der Waals surface area contributed by atoms with E-state index in [4.69, 9.17) is 14.2 Å². The van der Waals surface area contributed by atoms with E-state index in [1.165, 1.54) is 25.0 Å². The standard InChI is InChI=1S/C24H31N3O7S/c1-5-25-24(29)17(3)26(14-18-8-7-9-20(12-18)32-4)23(28)15-27(35(30,31)6-2)19-10-11-21-22(13-19)34-16-33-21/h7-13,17H,5-6,14-16H2,1-4H3,(H,25,29)/t17-/m1/s1. The van der Waals surface area contributed by atoms with Crippen molar-refractivity contribution in [1.29, 1.82) is 0 Å². The molecule has 10 nitrogen and oxygen atoms in total. The zero-order valence-corrected chi connectivity index (χ0v) is 21.1. The highest BCUT2D eigenvalue weighted by Gasteiger charge is 2.31. The molecule has 0 unspecified atom stereocenters. The Labute approximate surface area is 205 Å². The highest BCUT2D eigenvalue weighted by Crippen LogP contribution is 2.36. The Morgan fingerprint density at radius 1 is 1.11 bits per heavy atom. The fraction of sp³-hybridized carbons (Fsp3) is 0.417. The van der Waals surface area contributed by atoms with Crippen LogP contribution in [0.3, 0.4) is 0 Å². The SMILES string of the molecule is CCNC(=O)[C@@H](C)N(Cc1cccc(OC)c1)C(=O)CN(c1ccc2c(c1)OCO2)S(=O)(=O)CC. The third-order valence-electron chi connectivity index (χ3n) is 5.63. The second-order valence-corrected chi connectivity index (χ2v) is 10.1. The van der Waals surface area contributed by atoms with Crippen molar-refractivity contribution in [2.24, 2.45) is 0 Å². The second-order valence-electron chi connectivity index (χ2n) is 7.89. The van der Waals surface area contributed by atoms with Gasteiger partial charge in [0.15, 0.2) is 11.5 Å². The van der Waals surface area contributed by atoms with Gasteiger partial charge >= 0.3 is 0 Å². The monoisotopic (exact) mass is 505 g/mol. The van der Waals surface area contributed by atoms with Crippen LogP contribution in [0.2, 0.25) is 0 Å². The molecule has 0 aliphatic carbocycles. The summed E-state index contributed by atoms with van der Waals surface area (Å²) in [6.07, 6.45) is 0. The Kier molecular flexibility index (Phi) is 8.44. The van der Waals surface area contributed by atoms with Gasteiger partial charge in [-0.05, 0) is 50.6 Å². The lowest BCUT2D eigenvalue weighted by atomic mass is 10.1. The number of fused-ring (bicyclic) bond motifs is 1. The Morgan fingerprint density at radius 3 is 2.54 bits per heavy atom. The average molecular weight is 506 g/mol. The van der Waals surface area contributed by atoms with Crippen LogP contribution in [-0.2, 0) is 26.2 Å². The number of carbonyl (C=O) groups is 2. The van der Waals surface area contributed by atoms with Gasteiger partial charge in [0.1, 0.15) is 18.3 Å². The zero-order chi connectivity index (χ0) is 25.6. The van der Waals surface area contributed by atoms with Crippen LogP contribution < -0.4 is 23.8 Å². The van der Waals surface area contributed by atoms with Crippen molar-refractivity contribution in [2.75, 3.05) is 37.1 Å². The number of sulfonamides is 1. The zero-order valence-electron chi connectivity index (χ0n) is 20.3. The van der Waals surface area contributed by atoms with Crippen LogP contribution in [0.5, 0.6) is 17.2 Å². The predicted octanol–water partition coefficient (Wildman–Crippen LogP) is 2.13. The van der Waals surface area contributed by atoms with Gasteiger partial charge in [0.05, 0.1) is 18.6 Å². The minimum absolute atomic E-state index is 0.0383. The highest BCUT2D eigenvalue weighted by atomic mass is 32.2. The molecule has 0 aromatic heterocycles. The average Bonchev–Trinajstić information content (AvgIpc) is 3.33. The van der Waals surface area contributed by atoms with E-state index in [9.17, 15) is 18.0 Å². The quantitative estimate of drug-likeness (QED) is 0.498. The van der Waals surface area contributed by atoms with Gasteiger partial charge in [-0.15, -0.1) is 0 Å². The molecule has 2 aromatic carbocycles. The highest BCUT2D eigenvalue weighted by molar-refractivity contribution is 7.92. The number of nitrogens with one attached hydrogen (secondary N) is 1. The molecule has 190 valence electrons. The molecule has 0 bridgehead atoms. The maximum atomic E-state index is 13.6. The number of hydrogen-bond acceptors (Lipinski definition) is 7. The van der Waals surface area contributed by atoms with E-state index in [0.717, 1.165) is 9.87 Å². The molecule has 0 spiro atoms. The summed E-state index contributed by atoms with van der Waals surface area (Å²) in [6, 6.07) is 11.0. The summed E-state index contributed by atoms with van der Waals surface area (Å²) < 4.78 is 43.0. The predicted molar refractivity (Wildman–Crippen MR) is 131 cm³/mol. The summed E-state index contributed by atoms with van der Waals surface area (Å²) in [5.41, 5.74) is 1.01. The molecule has 2 amide bonds. The molecule has 1 aliphatic rings. The van der Waals surface area contributed by atoms with Crippen molar-refractivity contribution in [3.05, 3.63) is 48.0 Å². The van der Waals surface area contributed by atoms with E-state index in [1.807, 2.05) is 6.07 Å². The Morgan fingerprint density at radius 2 is 1.86 bits per heavy atom. The summed E-state index contributed by atoms with van der Waals surface area (Å²) in [6.45, 7) is 4.95. The number of carbonyl (C=O) groups excluding carboxylic acids is 2. The Hall–Kier alpha value is -3.47. The molecule has 0 saturated carbocycles. The van der Waals surface area contributed by atoms with Gasteiger partial charge in [-0.3, -0.25) is 13.9 Å². The van der Waals surface area contributed by atoms with Crippen molar-refractivity contribution >= 4 is 27.5 Å². The molecule has 2 aromatic rings. The van der Waals surface area contributed by atoms with Gasteiger partial charge in [-0.2, -0.15) is 0 Å². The summed E-state index contributed by atoms with van der Waals surface area (Å²) in [4.78, 5) is 27.6. The number of anilines is 1. The molecular weight excluding hydrogens is 474 g/mol. The van der Waals surface area contributed by atoms with Crippen LogP contribution in [0.25, 0.3) is 0 Å². The van der Waals surface area contributed by atoms with Crippen LogP contribution >= 0.6 is 0 Å². The van der Waals surface area contributed by atoms with E-state index in [1.54, 1.807) is 44.2 Å². The van der Waals surface area contributed by atoms with E-state index < -0.39 is 28.5 Å². The van der Waals surface area contributed by atoms with Crippen LogP contribution in [0.15, 0.2) is 42.5 Å². The van der Waals surface area contributed by atoms with Gasteiger partial charge in [0.2, 0.25) is 28.6 Å². The third kappa shape index (κ3) is 6.16. The lowest BCUT2D eigenvalue weighted by molar-refractivity contribution is -0.139. The number of ether oxygens (including phenoxy) is 3. The minimum atomic E-state index is -3.83. The molecule has 35 heavy (non-hydrogen) atoms. The maximum Gasteiger partial charge on any atom is 0.244 e. The Bertz CT molecular complexity index is 1170. The molecule has 0 radical (unpaired) electrons. The first-order chi connectivity index (χ1) is 16.7. The Balaban J connectivity index is 1.94. The van der Waals surface area contributed by atoms with Crippen LogP contribution in [0, 0.1) is 0 Å². The van der Waals surface area contributed by atoms with Crippen molar-refractivity contribution in [2.45, 2.75) is 33.4 Å². The lowest BCUT2D eigenvalue weighted by Crippen LogP contribution is -2.51. The van der Waals surface area contributed by atoms with Gasteiger partial charge in [0.25, 0.3) is 0 Å². The first-order valence-electron chi connectivity index (χ1n) is 11.3. The number of hydrogen-bond donors (Lipinski definition) is 1. The van der Waals surface area contributed by atoms with Crippen molar-refractivity contribution < 1.29 is 32.2 Å². The van der Waals surface area contributed by atoms with Gasteiger partial charge in [-0.1, -0.05) is 12.1 Å². The number of rotatable bonds is 11. The number of likely N-dealkylation sites (N-methyl/N-ethyl adjacent to an activating group) is 1. The number of benzene rings is 2. The maximum absolute atomic E-state index is 13.6. The molecule has 0 saturated heterocycles. The van der Waals surface area contributed by atoms with Crippen molar-refractivity contribution in [3.63, 3.8) is 0 Å². The van der Waals surface area contributed by atoms with Gasteiger partial charge in [-0.25, -0.2) is 8.42 Å². The molecule has 1 heterocycles. The second kappa shape index (κ2) is 11.3. The fourth-order valence-corrected chi connectivity index (χ4v) is 4.69. The molecule has 1 aliphatic heterocycles. The number of nitrogens with zero attached hydrogens (tertiary/aromatic N) is 2. The largest absolute Gasteiger partial charge is 0.497 e. The topological polar surface area (TPSA) is 114 Å². The van der Waals surface area contributed by atoms with Crippen LogP contribution in [0.4, 0.5) is 5.69 Å². The molecular formula is C24H31N3O7S. The molecule has 3 rings (SSSR count). The van der Waals surface area contributed by atoms with Gasteiger partial charge < -0.3 is 24.4 Å². The van der Waals surface area contributed by atoms with Crippen LogP contribution in [0.1, 0.15) is 26.3 Å². The lowest BCUT2D eigenvalue weighted by Gasteiger charge is -2.31. The number of methoxy groups -OCH3 is 1. The summed E-state index contributed by atoms with van der Waals surface area (Å²) in [5.74, 6) is 0.430. The fourth-order valence-electron chi connectivity index (χ4n) is 3.63. The van der Waals surface area contributed by atoms with E-state index in [2.05, 4.69) is 5.32 Å². The summed E-state index contributed by atoms with van der Waals surface area (Å²) >= 11 is 0. The van der Waals surface area contributed by atoms with Crippen LogP contribution in [-0.4, -0.2) is 63.9 Å². The smallest absolute Gasteiger partial charge is 0.244 e. The van der Waals surface area contributed by atoms with E-state index >= 15 is 0 Å². The van der Waals surface area contributed by atoms with E-state index in [0.29, 0.717) is 23.8 Å². The first-order valence-corrected chi connectivity index (χ1v) is 12.9. The minimum Gasteiger partial charge on any atom is -0.497 e. The normalized spacial score (nSPS) is 13.1.